The Morgan fingerprint density at radius 1 is 1.29 bits per heavy atom. The van der Waals surface area contributed by atoms with E-state index in [0.29, 0.717) is 12.1 Å². The molecular formula is C9H8F4N2O2. The van der Waals surface area contributed by atoms with Crippen LogP contribution in [0.4, 0.5) is 23.2 Å². The van der Waals surface area contributed by atoms with E-state index in [1.54, 1.807) is 0 Å². The standard InChI is InChI=1S/C9H8F4N2O2/c10-5-3-8(15(16)17)6(11)1-4(5)2-7(14)9(12)13/h1,3,7,9H,2,14H2. The summed E-state index contributed by atoms with van der Waals surface area (Å²) in [5.41, 5.74) is 3.53. The molecule has 17 heavy (non-hydrogen) atoms. The van der Waals surface area contributed by atoms with Crippen molar-refractivity contribution in [2.75, 3.05) is 0 Å². The molecule has 0 bridgehead atoms. The van der Waals surface area contributed by atoms with Gasteiger partial charge in [0.25, 0.3) is 6.43 Å². The maximum absolute atomic E-state index is 13.2. The third kappa shape index (κ3) is 3.13. The second-order valence-corrected chi connectivity index (χ2v) is 3.35. The third-order valence-electron chi connectivity index (χ3n) is 2.09. The van der Waals surface area contributed by atoms with Gasteiger partial charge in [-0.2, -0.15) is 4.39 Å². The number of rotatable bonds is 4. The summed E-state index contributed by atoms with van der Waals surface area (Å²) in [6.45, 7) is 0. The van der Waals surface area contributed by atoms with Crippen LogP contribution in [0.5, 0.6) is 0 Å². The monoisotopic (exact) mass is 252 g/mol. The maximum Gasteiger partial charge on any atom is 0.307 e. The van der Waals surface area contributed by atoms with Gasteiger partial charge in [0.15, 0.2) is 0 Å². The van der Waals surface area contributed by atoms with Crippen LogP contribution in [0.2, 0.25) is 0 Å². The van der Waals surface area contributed by atoms with Gasteiger partial charge in [-0.3, -0.25) is 10.1 Å². The molecule has 0 saturated heterocycles. The lowest BCUT2D eigenvalue weighted by molar-refractivity contribution is -0.387. The second kappa shape index (κ2) is 5.09. The number of nitrogens with two attached hydrogens (primary N) is 1. The topological polar surface area (TPSA) is 69.2 Å². The minimum Gasteiger partial charge on any atom is -0.323 e. The number of benzene rings is 1. The number of alkyl halides is 2. The number of halogens is 4. The van der Waals surface area contributed by atoms with Gasteiger partial charge in [-0.25, -0.2) is 13.2 Å². The Kier molecular flexibility index (Phi) is 4.00. The molecule has 0 aliphatic heterocycles. The van der Waals surface area contributed by atoms with Crippen LogP contribution in [-0.2, 0) is 6.42 Å². The molecule has 0 amide bonds. The Morgan fingerprint density at radius 2 is 1.88 bits per heavy atom. The Balaban J connectivity index is 3.03. The minimum atomic E-state index is -2.88. The van der Waals surface area contributed by atoms with E-state index in [0.717, 1.165) is 0 Å². The van der Waals surface area contributed by atoms with Crippen LogP contribution < -0.4 is 5.73 Å². The van der Waals surface area contributed by atoms with Gasteiger partial charge in [0, 0.05) is 0 Å². The molecule has 0 aliphatic carbocycles. The number of nitrogens with zero attached hydrogens (tertiary/aromatic N) is 1. The van der Waals surface area contributed by atoms with Crippen molar-refractivity contribution in [2.45, 2.75) is 18.9 Å². The molecule has 94 valence electrons. The van der Waals surface area contributed by atoms with Gasteiger partial charge in [0.1, 0.15) is 5.82 Å². The summed E-state index contributed by atoms with van der Waals surface area (Å²) in [4.78, 5) is 9.17. The lowest BCUT2D eigenvalue weighted by Gasteiger charge is -2.10. The smallest absolute Gasteiger partial charge is 0.307 e. The fourth-order valence-corrected chi connectivity index (χ4v) is 1.22. The highest BCUT2D eigenvalue weighted by atomic mass is 19.3. The van der Waals surface area contributed by atoms with E-state index in [1.807, 2.05) is 0 Å². The van der Waals surface area contributed by atoms with Crippen LogP contribution in [-0.4, -0.2) is 17.4 Å². The Hall–Kier alpha value is -1.70. The molecule has 0 aliphatic rings. The van der Waals surface area contributed by atoms with Crippen molar-refractivity contribution in [3.63, 3.8) is 0 Å². The van der Waals surface area contributed by atoms with E-state index >= 15 is 0 Å². The van der Waals surface area contributed by atoms with Gasteiger partial charge in [-0.05, 0) is 18.1 Å². The molecule has 0 aromatic heterocycles. The van der Waals surface area contributed by atoms with Crippen LogP contribution >= 0.6 is 0 Å². The van der Waals surface area contributed by atoms with Crippen molar-refractivity contribution in [2.24, 2.45) is 5.73 Å². The maximum atomic E-state index is 13.2. The summed E-state index contributed by atoms with van der Waals surface area (Å²) in [5.74, 6) is -2.41. The Labute approximate surface area is 93.2 Å². The van der Waals surface area contributed by atoms with E-state index in [1.165, 1.54) is 0 Å². The average molecular weight is 252 g/mol. The first kappa shape index (κ1) is 13.4. The van der Waals surface area contributed by atoms with Gasteiger partial charge < -0.3 is 5.73 Å². The van der Waals surface area contributed by atoms with Crippen LogP contribution in [0.3, 0.4) is 0 Å². The molecule has 8 heteroatoms. The summed E-state index contributed by atoms with van der Waals surface area (Å²) in [6.07, 6.45) is -3.48. The summed E-state index contributed by atoms with van der Waals surface area (Å²) < 4.78 is 50.5. The van der Waals surface area contributed by atoms with Crippen molar-refractivity contribution in [3.8, 4) is 0 Å². The van der Waals surface area contributed by atoms with Gasteiger partial charge in [-0.1, -0.05) is 0 Å². The highest BCUT2D eigenvalue weighted by Crippen LogP contribution is 2.22. The van der Waals surface area contributed by atoms with E-state index in [-0.39, 0.29) is 0 Å². The molecule has 0 heterocycles. The zero-order valence-electron chi connectivity index (χ0n) is 8.37. The predicted octanol–water partition coefficient (Wildman–Crippen LogP) is 2.01. The molecule has 0 spiro atoms. The second-order valence-electron chi connectivity index (χ2n) is 3.35. The Bertz CT molecular complexity index is 439. The number of nitro benzene ring substituents is 1. The molecule has 0 saturated carbocycles. The average Bonchev–Trinajstić information content (AvgIpc) is 2.22. The van der Waals surface area contributed by atoms with Crippen molar-refractivity contribution in [1.29, 1.82) is 0 Å². The fourth-order valence-electron chi connectivity index (χ4n) is 1.22. The number of hydrogen-bond donors (Lipinski definition) is 1. The normalized spacial score (nSPS) is 12.8. The van der Waals surface area contributed by atoms with Crippen molar-refractivity contribution in [1.82, 2.24) is 0 Å². The lowest BCUT2D eigenvalue weighted by atomic mass is 10.1. The summed E-state index contributed by atoms with van der Waals surface area (Å²) >= 11 is 0. The molecule has 1 atom stereocenters. The number of hydrogen-bond acceptors (Lipinski definition) is 3. The molecule has 0 radical (unpaired) electrons. The van der Waals surface area contributed by atoms with Crippen LogP contribution in [0.25, 0.3) is 0 Å². The predicted molar refractivity (Wildman–Crippen MR) is 50.7 cm³/mol. The first-order valence-corrected chi connectivity index (χ1v) is 4.49. The molecule has 4 nitrogen and oxygen atoms in total. The van der Waals surface area contributed by atoms with E-state index in [9.17, 15) is 27.7 Å². The molecule has 1 rings (SSSR count). The molecule has 1 unspecified atom stereocenters. The zero-order chi connectivity index (χ0) is 13.2. The fraction of sp³-hybridized carbons (Fsp3) is 0.333. The highest BCUT2D eigenvalue weighted by molar-refractivity contribution is 5.36. The Morgan fingerprint density at radius 3 is 2.35 bits per heavy atom. The lowest BCUT2D eigenvalue weighted by Crippen LogP contribution is -2.31. The first-order valence-electron chi connectivity index (χ1n) is 4.49. The molecule has 1 aromatic carbocycles. The summed E-state index contributed by atoms with van der Waals surface area (Å²) in [5, 5.41) is 10.3. The third-order valence-corrected chi connectivity index (χ3v) is 2.09. The molecule has 1 aromatic rings. The molecule has 2 N–H and O–H groups in total. The van der Waals surface area contributed by atoms with Crippen molar-refractivity contribution < 1.29 is 22.5 Å². The quantitative estimate of drug-likeness (QED) is 0.506. The molecule has 0 fully saturated rings. The van der Waals surface area contributed by atoms with Gasteiger partial charge >= 0.3 is 5.69 Å². The highest BCUT2D eigenvalue weighted by Gasteiger charge is 2.22. The van der Waals surface area contributed by atoms with Gasteiger partial charge in [-0.15, -0.1) is 0 Å². The van der Waals surface area contributed by atoms with Crippen LogP contribution in [0, 0.1) is 21.7 Å². The molecular weight excluding hydrogens is 244 g/mol. The van der Waals surface area contributed by atoms with E-state index in [4.69, 9.17) is 5.73 Å². The van der Waals surface area contributed by atoms with Crippen LogP contribution in [0.15, 0.2) is 12.1 Å². The van der Waals surface area contributed by atoms with Crippen molar-refractivity contribution >= 4 is 5.69 Å². The largest absolute Gasteiger partial charge is 0.323 e. The SMILES string of the molecule is NC(Cc1cc(F)c([N+](=O)[O-])cc1F)C(F)F. The van der Waals surface area contributed by atoms with Crippen molar-refractivity contribution in [3.05, 3.63) is 39.4 Å². The minimum absolute atomic E-state index is 0.350. The van der Waals surface area contributed by atoms with E-state index < -0.39 is 46.7 Å². The van der Waals surface area contributed by atoms with Gasteiger partial charge in [0.2, 0.25) is 5.82 Å². The van der Waals surface area contributed by atoms with E-state index in [2.05, 4.69) is 0 Å². The zero-order valence-corrected chi connectivity index (χ0v) is 8.37. The summed E-state index contributed by atoms with van der Waals surface area (Å²) in [6, 6.07) is -0.788. The first-order chi connectivity index (χ1) is 7.82. The summed E-state index contributed by atoms with van der Waals surface area (Å²) in [7, 11) is 0. The van der Waals surface area contributed by atoms with Gasteiger partial charge in [0.05, 0.1) is 17.0 Å². The number of nitro groups is 1. The van der Waals surface area contributed by atoms with Crippen LogP contribution in [0.1, 0.15) is 5.56 Å².